The van der Waals surface area contributed by atoms with Gasteiger partial charge in [-0.3, -0.25) is 0 Å². The van der Waals surface area contributed by atoms with Crippen LogP contribution in [0.25, 0.3) is 0 Å². The van der Waals surface area contributed by atoms with Crippen molar-refractivity contribution in [3.63, 3.8) is 0 Å². The normalized spacial score (nSPS) is 31.7. The SMILES string of the molecule is C=CCC[C@H]1CC[C@H](/C=C/CC[C@H]2CC[C@H](/C=C/CC)CC2)CC1. The van der Waals surface area contributed by atoms with Crippen molar-refractivity contribution in [1.29, 1.82) is 0 Å². The molecule has 0 aromatic rings. The molecule has 2 fully saturated rings. The van der Waals surface area contributed by atoms with Gasteiger partial charge in [-0.15, -0.1) is 6.58 Å². The summed E-state index contributed by atoms with van der Waals surface area (Å²) < 4.78 is 0. The van der Waals surface area contributed by atoms with Crippen molar-refractivity contribution in [2.24, 2.45) is 23.7 Å². The average molecular weight is 329 g/mol. The minimum atomic E-state index is 0.875. The highest BCUT2D eigenvalue weighted by Crippen LogP contribution is 2.34. The first kappa shape index (κ1) is 19.5. The molecule has 0 aliphatic heterocycles. The summed E-state index contributed by atoms with van der Waals surface area (Å²) in [6, 6.07) is 0. The van der Waals surface area contributed by atoms with Gasteiger partial charge in [0.15, 0.2) is 0 Å². The smallest absolute Gasteiger partial charge is 0.0233 e. The van der Waals surface area contributed by atoms with Crippen molar-refractivity contribution in [2.45, 2.75) is 90.4 Å². The second-order valence-electron chi connectivity index (χ2n) is 8.27. The quantitative estimate of drug-likeness (QED) is 0.378. The molecule has 2 rings (SSSR count). The van der Waals surface area contributed by atoms with E-state index in [-0.39, 0.29) is 0 Å². The van der Waals surface area contributed by atoms with Crippen LogP contribution in [-0.4, -0.2) is 0 Å². The molecule has 0 unspecified atom stereocenters. The van der Waals surface area contributed by atoms with Gasteiger partial charge in [-0.2, -0.15) is 0 Å². The van der Waals surface area contributed by atoms with Crippen molar-refractivity contribution in [2.75, 3.05) is 0 Å². The van der Waals surface area contributed by atoms with Gasteiger partial charge >= 0.3 is 0 Å². The van der Waals surface area contributed by atoms with E-state index in [2.05, 4.69) is 43.9 Å². The zero-order chi connectivity index (χ0) is 17.0. The summed E-state index contributed by atoms with van der Waals surface area (Å²) in [5.41, 5.74) is 0. The first-order valence-corrected chi connectivity index (χ1v) is 10.8. The molecule has 0 radical (unpaired) electrons. The second kappa shape index (κ2) is 11.7. The van der Waals surface area contributed by atoms with Crippen molar-refractivity contribution in [1.82, 2.24) is 0 Å². The number of hydrogen-bond acceptors (Lipinski definition) is 0. The molecule has 0 spiro atoms. The van der Waals surface area contributed by atoms with Crippen LogP contribution < -0.4 is 0 Å². The van der Waals surface area contributed by atoms with E-state index in [1.54, 1.807) is 0 Å². The zero-order valence-electron chi connectivity index (χ0n) is 16.1. The van der Waals surface area contributed by atoms with Gasteiger partial charge in [0.05, 0.1) is 0 Å². The minimum Gasteiger partial charge on any atom is -0.103 e. The van der Waals surface area contributed by atoms with Crippen LogP contribution in [-0.2, 0) is 0 Å². The summed E-state index contributed by atoms with van der Waals surface area (Å²) in [7, 11) is 0. The first-order chi connectivity index (χ1) is 11.8. The Bertz CT molecular complexity index is 373. The van der Waals surface area contributed by atoms with Crippen molar-refractivity contribution in [3.8, 4) is 0 Å². The molecule has 0 atom stereocenters. The van der Waals surface area contributed by atoms with E-state index in [0.29, 0.717) is 0 Å². The topological polar surface area (TPSA) is 0 Å². The highest BCUT2D eigenvalue weighted by Gasteiger charge is 2.20. The van der Waals surface area contributed by atoms with Crippen molar-refractivity contribution >= 4 is 0 Å². The molecule has 0 nitrogen and oxygen atoms in total. The molecular formula is C24H40. The van der Waals surface area contributed by atoms with Crippen molar-refractivity contribution < 1.29 is 0 Å². The first-order valence-electron chi connectivity index (χ1n) is 10.8. The number of hydrogen-bond donors (Lipinski definition) is 0. The molecule has 0 amide bonds. The van der Waals surface area contributed by atoms with E-state index in [1.807, 2.05) is 0 Å². The van der Waals surface area contributed by atoms with Gasteiger partial charge in [-0.05, 0) is 107 Å². The predicted octanol–water partition coefficient (Wildman–Crippen LogP) is 7.87. The molecule has 0 heterocycles. The molecule has 0 heteroatoms. The van der Waals surface area contributed by atoms with Crippen LogP contribution >= 0.6 is 0 Å². The van der Waals surface area contributed by atoms with Gasteiger partial charge in [0.2, 0.25) is 0 Å². The van der Waals surface area contributed by atoms with E-state index in [4.69, 9.17) is 0 Å². The zero-order valence-corrected chi connectivity index (χ0v) is 16.1. The van der Waals surface area contributed by atoms with Crippen LogP contribution in [0.15, 0.2) is 37.0 Å². The molecule has 2 aliphatic carbocycles. The highest BCUT2D eigenvalue weighted by molar-refractivity contribution is 4.93. The van der Waals surface area contributed by atoms with Crippen LogP contribution in [0.3, 0.4) is 0 Å². The molecule has 2 aliphatic rings. The maximum atomic E-state index is 3.85. The number of allylic oxidation sites excluding steroid dienone is 5. The second-order valence-corrected chi connectivity index (χ2v) is 8.27. The lowest BCUT2D eigenvalue weighted by Crippen LogP contribution is -2.13. The Balaban J connectivity index is 1.54. The molecule has 2 saturated carbocycles. The summed E-state index contributed by atoms with van der Waals surface area (Å²) in [5.74, 6) is 3.73. The van der Waals surface area contributed by atoms with Gasteiger partial charge < -0.3 is 0 Å². The minimum absolute atomic E-state index is 0.875. The molecule has 24 heavy (non-hydrogen) atoms. The Morgan fingerprint density at radius 2 is 1.21 bits per heavy atom. The molecule has 136 valence electrons. The standard InChI is InChI=1S/C24H40/c1-3-5-9-21-13-17-23(18-14-21)11-7-8-12-24-19-15-22(16-20-24)10-6-4-2/h3,6-7,10-11,21-24H,1,4-5,8-9,12-20H2,2H3/b10-6+,11-7+/t21-,22-,23-,24-. The summed E-state index contributed by atoms with van der Waals surface area (Å²) >= 11 is 0. The van der Waals surface area contributed by atoms with E-state index in [9.17, 15) is 0 Å². The third-order valence-corrected chi connectivity index (χ3v) is 6.36. The monoisotopic (exact) mass is 328 g/mol. The number of rotatable bonds is 9. The van der Waals surface area contributed by atoms with Crippen molar-refractivity contribution in [3.05, 3.63) is 37.0 Å². The summed E-state index contributed by atoms with van der Waals surface area (Å²) in [5, 5.41) is 0. The summed E-state index contributed by atoms with van der Waals surface area (Å²) in [6.07, 6.45) is 30.0. The fourth-order valence-corrected chi connectivity index (χ4v) is 4.64. The highest BCUT2D eigenvalue weighted by atomic mass is 14.3. The molecule has 0 saturated heterocycles. The van der Waals surface area contributed by atoms with Crippen LogP contribution in [0.5, 0.6) is 0 Å². The Labute approximate surface area is 151 Å². The predicted molar refractivity (Wildman–Crippen MR) is 108 cm³/mol. The Kier molecular flexibility index (Phi) is 9.54. The van der Waals surface area contributed by atoms with Gasteiger partial charge in [0.1, 0.15) is 0 Å². The third kappa shape index (κ3) is 7.41. The van der Waals surface area contributed by atoms with E-state index >= 15 is 0 Å². The lowest BCUT2D eigenvalue weighted by atomic mass is 9.79. The van der Waals surface area contributed by atoms with Crippen LogP contribution in [0, 0.1) is 23.7 Å². The van der Waals surface area contributed by atoms with Gasteiger partial charge in [-0.1, -0.05) is 37.3 Å². The lowest BCUT2D eigenvalue weighted by Gasteiger charge is -2.27. The maximum Gasteiger partial charge on any atom is -0.0233 e. The van der Waals surface area contributed by atoms with Crippen LogP contribution in [0.1, 0.15) is 90.4 Å². The summed E-state index contributed by atoms with van der Waals surface area (Å²) in [4.78, 5) is 0. The Hall–Kier alpha value is -0.780. The van der Waals surface area contributed by atoms with E-state index in [1.165, 1.54) is 83.5 Å². The molecule has 0 bridgehead atoms. The summed E-state index contributed by atoms with van der Waals surface area (Å²) in [6.45, 7) is 6.09. The Morgan fingerprint density at radius 1 is 0.708 bits per heavy atom. The van der Waals surface area contributed by atoms with E-state index < -0.39 is 0 Å². The maximum absolute atomic E-state index is 3.85. The van der Waals surface area contributed by atoms with Gasteiger partial charge in [0, 0.05) is 0 Å². The molecule has 0 aromatic heterocycles. The fourth-order valence-electron chi connectivity index (χ4n) is 4.64. The van der Waals surface area contributed by atoms with Gasteiger partial charge in [0.25, 0.3) is 0 Å². The molecule has 0 aromatic carbocycles. The van der Waals surface area contributed by atoms with Gasteiger partial charge in [-0.25, -0.2) is 0 Å². The Morgan fingerprint density at radius 3 is 1.71 bits per heavy atom. The average Bonchev–Trinajstić information content (AvgIpc) is 2.64. The fraction of sp³-hybridized carbons (Fsp3) is 0.750. The lowest BCUT2D eigenvalue weighted by molar-refractivity contribution is 0.293. The third-order valence-electron chi connectivity index (χ3n) is 6.36. The molecular weight excluding hydrogens is 288 g/mol. The van der Waals surface area contributed by atoms with E-state index in [0.717, 1.165) is 23.7 Å². The van der Waals surface area contributed by atoms with Crippen LogP contribution in [0.4, 0.5) is 0 Å². The largest absolute Gasteiger partial charge is 0.103 e. The molecule has 0 N–H and O–H groups in total. The van der Waals surface area contributed by atoms with Crippen LogP contribution in [0.2, 0.25) is 0 Å².